The Morgan fingerprint density at radius 3 is 2.37 bits per heavy atom. The van der Waals surface area contributed by atoms with Crippen LogP contribution in [0, 0.1) is 11.8 Å². The number of rotatable bonds is 5. The summed E-state index contributed by atoms with van der Waals surface area (Å²) in [7, 11) is 0. The van der Waals surface area contributed by atoms with Crippen LogP contribution in [0.15, 0.2) is 42.5 Å². The van der Waals surface area contributed by atoms with Crippen molar-refractivity contribution in [2.45, 2.75) is 38.7 Å². The van der Waals surface area contributed by atoms with Crippen LogP contribution in [0.3, 0.4) is 0 Å². The molecule has 1 heterocycles. The minimum atomic E-state index is -1.06. The largest absolute Gasteiger partial charge is 0.451 e. The lowest BCUT2D eigenvalue weighted by Gasteiger charge is -2.19. The molecule has 0 spiro atoms. The van der Waals surface area contributed by atoms with Gasteiger partial charge in [-0.2, -0.15) is 0 Å². The first kappa shape index (κ1) is 20.1. The molecular formula is C23H24N2O5. The molecule has 156 valence electrons. The van der Waals surface area contributed by atoms with Crippen LogP contribution in [0.2, 0.25) is 0 Å². The number of likely N-dealkylation sites (tertiary alicyclic amines) is 1. The van der Waals surface area contributed by atoms with Gasteiger partial charge in [0.05, 0.1) is 11.8 Å². The van der Waals surface area contributed by atoms with Crippen molar-refractivity contribution < 1.29 is 23.9 Å². The molecule has 2 aromatic carbocycles. The zero-order chi connectivity index (χ0) is 21.3. The fourth-order valence-corrected chi connectivity index (χ4v) is 4.37. The quantitative estimate of drug-likeness (QED) is 0.607. The van der Waals surface area contributed by atoms with E-state index in [0.29, 0.717) is 18.5 Å². The number of fused-ring (bicyclic) bond motifs is 2. The van der Waals surface area contributed by atoms with Gasteiger partial charge in [0.1, 0.15) is 6.54 Å². The Balaban J connectivity index is 1.37. The third-order valence-corrected chi connectivity index (χ3v) is 5.94. The summed E-state index contributed by atoms with van der Waals surface area (Å²) in [4.78, 5) is 50.8. The fraction of sp³-hybridized carbons (Fsp3) is 0.391. The van der Waals surface area contributed by atoms with E-state index in [1.165, 1.54) is 6.92 Å². The van der Waals surface area contributed by atoms with Crippen molar-refractivity contribution in [3.05, 3.63) is 42.5 Å². The molecular weight excluding hydrogens is 384 g/mol. The number of nitrogens with one attached hydrogen (secondary N) is 1. The van der Waals surface area contributed by atoms with Crippen LogP contribution < -0.4 is 5.32 Å². The number of ether oxygens (including phenoxy) is 1. The van der Waals surface area contributed by atoms with Gasteiger partial charge in [0.2, 0.25) is 11.8 Å². The van der Waals surface area contributed by atoms with Gasteiger partial charge in [-0.3, -0.25) is 24.1 Å². The number of carbonyl (C=O) groups excluding carboxylic acids is 4. The molecule has 0 aromatic heterocycles. The molecule has 3 atom stereocenters. The van der Waals surface area contributed by atoms with Gasteiger partial charge in [0.25, 0.3) is 5.91 Å². The van der Waals surface area contributed by atoms with Gasteiger partial charge in [-0.25, -0.2) is 0 Å². The summed E-state index contributed by atoms with van der Waals surface area (Å²) in [6.07, 6.45) is 2.15. The predicted molar refractivity (Wildman–Crippen MR) is 110 cm³/mol. The smallest absolute Gasteiger partial charge is 0.326 e. The summed E-state index contributed by atoms with van der Waals surface area (Å²) in [6.45, 7) is 1.02. The number of anilines is 1. The summed E-state index contributed by atoms with van der Waals surface area (Å²) < 4.78 is 5.21. The van der Waals surface area contributed by atoms with E-state index in [0.717, 1.165) is 28.5 Å². The van der Waals surface area contributed by atoms with Gasteiger partial charge < -0.3 is 10.1 Å². The van der Waals surface area contributed by atoms with Gasteiger partial charge in [-0.05, 0) is 31.2 Å². The summed E-state index contributed by atoms with van der Waals surface area (Å²) >= 11 is 0. The lowest BCUT2D eigenvalue weighted by atomic mass is 9.81. The third-order valence-electron chi connectivity index (χ3n) is 5.94. The predicted octanol–water partition coefficient (Wildman–Crippen LogP) is 2.89. The zero-order valence-electron chi connectivity index (χ0n) is 16.8. The fourth-order valence-electron chi connectivity index (χ4n) is 4.37. The highest BCUT2D eigenvalue weighted by Crippen LogP contribution is 2.37. The first-order valence-corrected chi connectivity index (χ1v) is 10.3. The molecule has 4 rings (SSSR count). The van der Waals surface area contributed by atoms with Crippen molar-refractivity contribution in [3.8, 4) is 0 Å². The summed E-state index contributed by atoms with van der Waals surface area (Å²) in [5, 5.41) is 4.63. The number of imide groups is 1. The van der Waals surface area contributed by atoms with Crippen LogP contribution in [0.5, 0.6) is 0 Å². The van der Waals surface area contributed by atoms with E-state index >= 15 is 0 Å². The molecule has 2 aromatic rings. The number of benzene rings is 2. The van der Waals surface area contributed by atoms with Gasteiger partial charge in [0.15, 0.2) is 6.10 Å². The minimum Gasteiger partial charge on any atom is -0.451 e. The number of hydrogen-bond donors (Lipinski definition) is 1. The highest BCUT2D eigenvalue weighted by Gasteiger charge is 2.48. The maximum absolute atomic E-state index is 12.5. The molecule has 2 fully saturated rings. The van der Waals surface area contributed by atoms with Gasteiger partial charge in [-0.1, -0.05) is 49.2 Å². The Hall–Kier alpha value is -3.22. The summed E-state index contributed by atoms with van der Waals surface area (Å²) in [5.74, 6) is -2.47. The van der Waals surface area contributed by atoms with E-state index in [2.05, 4.69) is 5.32 Å². The molecule has 0 bridgehead atoms. The van der Waals surface area contributed by atoms with E-state index in [9.17, 15) is 19.2 Å². The standard InChI is InChI=1S/C23H24N2O5/c1-14(21(27)24-19-12-6-8-15-7-2-3-9-16(15)19)30-20(26)13-25-22(28)17-10-4-5-11-18(17)23(25)29/h2-3,6-9,12,14,17-18H,4-5,10-11,13H2,1H3,(H,24,27). The molecule has 0 radical (unpaired) electrons. The third kappa shape index (κ3) is 3.79. The topological polar surface area (TPSA) is 92.8 Å². The SMILES string of the molecule is CC(OC(=O)CN1C(=O)C2CCCCC2C1=O)C(=O)Nc1cccc2ccccc12. The van der Waals surface area contributed by atoms with E-state index in [1.54, 1.807) is 6.07 Å². The number of hydrogen-bond acceptors (Lipinski definition) is 5. The maximum atomic E-state index is 12.5. The van der Waals surface area contributed by atoms with Crippen molar-refractivity contribution in [1.29, 1.82) is 0 Å². The van der Waals surface area contributed by atoms with Gasteiger partial charge in [-0.15, -0.1) is 0 Å². The zero-order valence-corrected chi connectivity index (χ0v) is 16.8. The normalized spacial score (nSPS) is 22.0. The first-order valence-electron chi connectivity index (χ1n) is 10.3. The van der Waals surface area contributed by atoms with E-state index in [-0.39, 0.29) is 23.7 Å². The van der Waals surface area contributed by atoms with Crippen LogP contribution in [0.4, 0.5) is 5.69 Å². The van der Waals surface area contributed by atoms with Crippen LogP contribution >= 0.6 is 0 Å². The maximum Gasteiger partial charge on any atom is 0.326 e. The molecule has 1 saturated carbocycles. The Bertz CT molecular complexity index is 988. The lowest BCUT2D eigenvalue weighted by Crippen LogP contribution is -2.39. The first-order chi connectivity index (χ1) is 14.5. The van der Waals surface area contributed by atoms with Crippen molar-refractivity contribution in [3.63, 3.8) is 0 Å². The Labute approximate surface area is 174 Å². The Morgan fingerprint density at radius 1 is 1.03 bits per heavy atom. The molecule has 1 saturated heterocycles. The Kier molecular flexibility index (Phi) is 5.53. The van der Waals surface area contributed by atoms with E-state index in [4.69, 9.17) is 4.74 Å². The number of esters is 1. The summed E-state index contributed by atoms with van der Waals surface area (Å²) in [5.41, 5.74) is 0.620. The molecule has 1 aliphatic carbocycles. The van der Waals surface area contributed by atoms with E-state index < -0.39 is 24.5 Å². The van der Waals surface area contributed by atoms with Gasteiger partial charge in [0, 0.05) is 11.1 Å². The molecule has 1 N–H and O–H groups in total. The van der Waals surface area contributed by atoms with E-state index in [1.807, 2.05) is 36.4 Å². The monoisotopic (exact) mass is 408 g/mol. The summed E-state index contributed by atoms with van der Waals surface area (Å²) in [6, 6.07) is 13.2. The molecule has 7 nitrogen and oxygen atoms in total. The molecule has 7 heteroatoms. The second-order valence-corrected chi connectivity index (χ2v) is 7.91. The molecule has 3 unspecified atom stereocenters. The number of carbonyl (C=O) groups is 4. The average Bonchev–Trinajstić information content (AvgIpc) is 2.99. The van der Waals surface area contributed by atoms with Crippen molar-refractivity contribution >= 4 is 40.2 Å². The highest BCUT2D eigenvalue weighted by atomic mass is 16.5. The highest BCUT2D eigenvalue weighted by molar-refractivity contribution is 6.07. The van der Waals surface area contributed by atoms with Gasteiger partial charge >= 0.3 is 5.97 Å². The van der Waals surface area contributed by atoms with Crippen LogP contribution in [-0.4, -0.2) is 41.2 Å². The minimum absolute atomic E-state index is 0.297. The van der Waals surface area contributed by atoms with Crippen LogP contribution in [0.1, 0.15) is 32.6 Å². The van der Waals surface area contributed by atoms with Crippen molar-refractivity contribution in [2.24, 2.45) is 11.8 Å². The molecule has 2 aliphatic rings. The molecule has 30 heavy (non-hydrogen) atoms. The van der Waals surface area contributed by atoms with Crippen molar-refractivity contribution in [1.82, 2.24) is 4.90 Å². The van der Waals surface area contributed by atoms with Crippen molar-refractivity contribution in [2.75, 3.05) is 11.9 Å². The lowest BCUT2D eigenvalue weighted by molar-refractivity contribution is -0.158. The molecule has 3 amide bonds. The number of amides is 3. The number of nitrogens with zero attached hydrogens (tertiary/aromatic N) is 1. The second kappa shape index (κ2) is 8.26. The average molecular weight is 408 g/mol. The van der Waals surface area contributed by atoms with Crippen LogP contribution in [0.25, 0.3) is 10.8 Å². The Morgan fingerprint density at radius 2 is 1.67 bits per heavy atom. The second-order valence-electron chi connectivity index (χ2n) is 7.91. The van der Waals surface area contributed by atoms with Crippen LogP contribution in [-0.2, 0) is 23.9 Å². The molecule has 1 aliphatic heterocycles.